The molecule has 0 aromatic heterocycles. The second-order valence-electron chi connectivity index (χ2n) is 4.13. The maximum Gasteiger partial charge on any atom is 0.157 e. The van der Waals surface area contributed by atoms with E-state index in [1.807, 2.05) is 12.1 Å². The minimum absolute atomic E-state index is 0.486. The van der Waals surface area contributed by atoms with Crippen LogP contribution in [0.2, 0.25) is 0 Å². The molecule has 0 saturated heterocycles. The molecule has 0 aliphatic carbocycles. The van der Waals surface area contributed by atoms with Gasteiger partial charge >= 0.3 is 0 Å². The molecule has 0 bridgehead atoms. The number of hydrogen-bond donors (Lipinski definition) is 0. The van der Waals surface area contributed by atoms with Crippen LogP contribution in [-0.2, 0) is 0 Å². The second-order valence-corrected chi connectivity index (χ2v) is 7.77. The van der Waals surface area contributed by atoms with Crippen molar-refractivity contribution >= 4 is 22.3 Å². The first-order chi connectivity index (χ1) is 7.08. The van der Waals surface area contributed by atoms with E-state index in [1.54, 1.807) is 0 Å². The number of aryl methyl sites for hydroxylation is 1. The summed E-state index contributed by atoms with van der Waals surface area (Å²) in [4.78, 5) is 0. The van der Waals surface area contributed by atoms with Crippen molar-refractivity contribution in [1.82, 2.24) is 0 Å². The molecule has 1 nitrogen and oxygen atoms in total. The first-order valence-corrected chi connectivity index (χ1v) is 8.72. The normalized spacial score (nSPS) is 12.9. The lowest BCUT2D eigenvalue weighted by Gasteiger charge is -2.13. The average Bonchev–Trinajstić information content (AvgIpc) is 2.19. The molecular formula is C12H18BrOP. The van der Waals surface area contributed by atoms with Gasteiger partial charge in [0.15, 0.2) is 6.85 Å². The third kappa shape index (κ3) is 5.53. The van der Waals surface area contributed by atoms with Gasteiger partial charge in [-0.3, -0.25) is 0 Å². The van der Waals surface area contributed by atoms with E-state index in [0.29, 0.717) is 0 Å². The van der Waals surface area contributed by atoms with Crippen LogP contribution >= 0.6 is 22.3 Å². The summed E-state index contributed by atoms with van der Waals surface area (Å²) >= 11 is 3.60. The predicted octanol–water partition coefficient (Wildman–Crippen LogP) is 5.13. The molecule has 0 heterocycles. The highest BCUT2D eigenvalue weighted by molar-refractivity contribution is 9.38. The first-order valence-electron chi connectivity index (χ1n) is 5.26. The van der Waals surface area contributed by atoms with Crippen molar-refractivity contribution in [2.45, 2.75) is 27.2 Å². The van der Waals surface area contributed by atoms with Crippen molar-refractivity contribution < 1.29 is 4.52 Å². The van der Waals surface area contributed by atoms with Crippen molar-refractivity contribution in [2.24, 2.45) is 5.92 Å². The molecule has 1 unspecified atom stereocenters. The first kappa shape index (κ1) is 13.0. The van der Waals surface area contributed by atoms with Gasteiger partial charge in [0.1, 0.15) is 5.75 Å². The van der Waals surface area contributed by atoms with Crippen LogP contribution in [0.4, 0.5) is 0 Å². The molecule has 0 spiro atoms. The van der Waals surface area contributed by atoms with E-state index in [4.69, 9.17) is 4.52 Å². The van der Waals surface area contributed by atoms with Crippen molar-refractivity contribution in [3.05, 3.63) is 29.8 Å². The van der Waals surface area contributed by atoms with Crippen LogP contribution < -0.4 is 4.52 Å². The summed E-state index contributed by atoms with van der Waals surface area (Å²) in [7, 11) is 0. The molecular weight excluding hydrogens is 271 g/mol. The SMILES string of the molecule is Cc1ccc(OP(Br)CCC(C)C)cc1. The van der Waals surface area contributed by atoms with Crippen molar-refractivity contribution in [3.63, 3.8) is 0 Å². The van der Waals surface area contributed by atoms with Crippen molar-refractivity contribution in [1.29, 1.82) is 0 Å². The minimum Gasteiger partial charge on any atom is -0.463 e. The van der Waals surface area contributed by atoms with E-state index in [2.05, 4.69) is 48.4 Å². The molecule has 0 aliphatic heterocycles. The summed E-state index contributed by atoms with van der Waals surface area (Å²) in [6.07, 6.45) is 2.32. The monoisotopic (exact) mass is 288 g/mol. The molecule has 0 saturated carbocycles. The van der Waals surface area contributed by atoms with Gasteiger partial charge in [-0.05, 0) is 46.9 Å². The fourth-order valence-electron chi connectivity index (χ4n) is 1.12. The van der Waals surface area contributed by atoms with Gasteiger partial charge in [-0.2, -0.15) is 0 Å². The molecule has 1 atom stereocenters. The molecule has 0 N–H and O–H groups in total. The summed E-state index contributed by atoms with van der Waals surface area (Å²) in [6.45, 7) is 6.07. The van der Waals surface area contributed by atoms with Gasteiger partial charge in [0.05, 0.1) is 0 Å². The van der Waals surface area contributed by atoms with Crippen LogP contribution in [-0.4, -0.2) is 6.16 Å². The highest BCUT2D eigenvalue weighted by Crippen LogP contribution is 2.46. The standard InChI is InChI=1S/C12H18BrOP/c1-10(2)8-9-15(13)14-12-6-4-11(3)5-7-12/h4-7,10H,8-9H2,1-3H3. The maximum absolute atomic E-state index is 5.80. The lowest BCUT2D eigenvalue weighted by atomic mass is 10.2. The molecule has 0 aliphatic rings. The second kappa shape index (κ2) is 6.50. The topological polar surface area (TPSA) is 9.23 Å². The van der Waals surface area contributed by atoms with Gasteiger partial charge in [0, 0.05) is 6.16 Å². The fraction of sp³-hybridized carbons (Fsp3) is 0.500. The van der Waals surface area contributed by atoms with E-state index in [1.165, 1.54) is 12.0 Å². The molecule has 0 fully saturated rings. The highest BCUT2D eigenvalue weighted by atomic mass is 79.9. The maximum atomic E-state index is 5.80. The Kier molecular flexibility index (Phi) is 5.63. The number of hydrogen-bond acceptors (Lipinski definition) is 1. The lowest BCUT2D eigenvalue weighted by Crippen LogP contribution is -1.93. The molecule has 0 radical (unpaired) electrons. The number of halogens is 1. The van der Waals surface area contributed by atoms with Crippen LogP contribution in [0.1, 0.15) is 25.8 Å². The highest BCUT2D eigenvalue weighted by Gasteiger charge is 2.07. The van der Waals surface area contributed by atoms with Crippen LogP contribution in [0, 0.1) is 12.8 Å². The smallest absolute Gasteiger partial charge is 0.157 e. The predicted molar refractivity (Wildman–Crippen MR) is 72.0 cm³/mol. The zero-order chi connectivity index (χ0) is 11.3. The molecule has 0 amide bonds. The van der Waals surface area contributed by atoms with Crippen LogP contribution in [0.15, 0.2) is 24.3 Å². The molecule has 1 aromatic rings. The van der Waals surface area contributed by atoms with E-state index in [-0.39, 0.29) is 0 Å². The zero-order valence-corrected chi connectivity index (χ0v) is 12.0. The quantitative estimate of drug-likeness (QED) is 0.683. The van der Waals surface area contributed by atoms with E-state index in [9.17, 15) is 0 Å². The van der Waals surface area contributed by atoms with Crippen molar-refractivity contribution in [2.75, 3.05) is 6.16 Å². The molecule has 3 heteroatoms. The third-order valence-corrected chi connectivity index (χ3v) is 4.62. The third-order valence-electron chi connectivity index (χ3n) is 2.11. The Balaban J connectivity index is 2.37. The Morgan fingerprint density at radius 3 is 2.40 bits per heavy atom. The average molecular weight is 289 g/mol. The zero-order valence-electron chi connectivity index (χ0n) is 9.53. The van der Waals surface area contributed by atoms with Crippen LogP contribution in [0.3, 0.4) is 0 Å². The summed E-state index contributed by atoms with van der Waals surface area (Å²) in [5, 5.41) is 0. The minimum atomic E-state index is -0.486. The van der Waals surface area contributed by atoms with Gasteiger partial charge in [0.25, 0.3) is 0 Å². The van der Waals surface area contributed by atoms with Gasteiger partial charge in [-0.15, -0.1) is 0 Å². The van der Waals surface area contributed by atoms with Crippen LogP contribution in [0.5, 0.6) is 5.75 Å². The largest absolute Gasteiger partial charge is 0.463 e. The molecule has 1 rings (SSSR count). The molecule has 84 valence electrons. The van der Waals surface area contributed by atoms with Crippen molar-refractivity contribution in [3.8, 4) is 5.75 Å². The summed E-state index contributed by atoms with van der Waals surface area (Å²) in [5.41, 5.74) is 1.27. The number of rotatable bonds is 5. The molecule has 15 heavy (non-hydrogen) atoms. The Morgan fingerprint density at radius 1 is 1.27 bits per heavy atom. The van der Waals surface area contributed by atoms with Gasteiger partial charge in [-0.25, -0.2) is 0 Å². The summed E-state index contributed by atoms with van der Waals surface area (Å²) < 4.78 is 5.80. The number of benzene rings is 1. The molecule has 1 aromatic carbocycles. The Hall–Kier alpha value is -0.0700. The van der Waals surface area contributed by atoms with Gasteiger partial charge in [-0.1, -0.05) is 31.5 Å². The van der Waals surface area contributed by atoms with Gasteiger partial charge in [0.2, 0.25) is 0 Å². The van der Waals surface area contributed by atoms with Gasteiger partial charge < -0.3 is 4.52 Å². The summed E-state index contributed by atoms with van der Waals surface area (Å²) in [5.74, 6) is 1.71. The van der Waals surface area contributed by atoms with E-state index < -0.39 is 6.85 Å². The van der Waals surface area contributed by atoms with E-state index >= 15 is 0 Å². The lowest BCUT2D eigenvalue weighted by molar-refractivity contribution is 0.595. The Bertz CT molecular complexity index is 284. The summed E-state index contributed by atoms with van der Waals surface area (Å²) in [6, 6.07) is 8.21. The Labute approximate surface area is 102 Å². The van der Waals surface area contributed by atoms with E-state index in [0.717, 1.165) is 17.8 Å². The fourth-order valence-corrected chi connectivity index (χ4v) is 3.40. The Morgan fingerprint density at radius 2 is 1.87 bits per heavy atom. The van der Waals surface area contributed by atoms with Crippen LogP contribution in [0.25, 0.3) is 0 Å².